The Morgan fingerprint density at radius 1 is 0.392 bits per heavy atom. The zero-order chi connectivity index (χ0) is 67.1. The van der Waals surface area contributed by atoms with Gasteiger partial charge in [-0.05, 0) is 155 Å². The van der Waals surface area contributed by atoms with E-state index >= 15 is 0 Å². The summed E-state index contributed by atoms with van der Waals surface area (Å²) in [5.74, 6) is 2.33. The van der Waals surface area contributed by atoms with Crippen molar-refractivity contribution < 1.29 is 9.30 Å². The summed E-state index contributed by atoms with van der Waals surface area (Å²) >= 11 is 0. The molecule has 0 fully saturated rings. The van der Waals surface area contributed by atoms with Gasteiger partial charge in [-0.2, -0.15) is 0 Å². The molecule has 14 aromatic rings. The van der Waals surface area contributed by atoms with Crippen LogP contribution in [-0.2, 0) is 38.9 Å². The molecule has 3 aromatic heterocycles. The highest BCUT2D eigenvalue weighted by atomic mass is 16.5. The molecule has 2 aliphatic carbocycles. The van der Waals surface area contributed by atoms with E-state index < -0.39 is 5.41 Å². The molecular weight excluding hydrogens is 1180 g/mol. The number of hydrogen-bond acceptors (Lipinski definition) is 2. The average molecular weight is 1260 g/mol. The summed E-state index contributed by atoms with van der Waals surface area (Å²) in [4.78, 5) is 4.97. The molecule has 0 aliphatic heterocycles. The monoisotopic (exact) mass is 1260 g/mol. The van der Waals surface area contributed by atoms with Gasteiger partial charge in [0, 0.05) is 50.1 Å². The summed E-state index contributed by atoms with van der Waals surface area (Å²) in [5, 5.41) is 2.31. The predicted octanol–water partition coefficient (Wildman–Crippen LogP) is 22.5. The molecule has 5 nitrogen and oxygen atoms in total. The normalized spacial score (nSPS) is 15.6. The molecule has 0 bridgehead atoms. The summed E-state index contributed by atoms with van der Waals surface area (Å²) in [5.41, 5.74) is 26.3. The molecule has 5 heteroatoms. The maximum absolute atomic E-state index is 7.00. The fourth-order valence-electron chi connectivity index (χ4n) is 17.0. The Hall–Kier alpha value is -10.4. The van der Waals surface area contributed by atoms with Gasteiger partial charge in [-0.15, -0.1) is 0 Å². The first-order valence-electron chi connectivity index (χ1n) is 34.6. The molecule has 0 amide bonds. The van der Waals surface area contributed by atoms with E-state index in [4.69, 9.17) is 9.72 Å². The topological polar surface area (TPSA) is 35.9 Å². The molecule has 0 saturated heterocycles. The predicted molar refractivity (Wildman–Crippen MR) is 401 cm³/mol. The van der Waals surface area contributed by atoms with Crippen LogP contribution in [0.1, 0.15) is 162 Å². The second-order valence-corrected chi connectivity index (χ2v) is 31.0. The van der Waals surface area contributed by atoms with Crippen LogP contribution in [0.3, 0.4) is 0 Å². The van der Waals surface area contributed by atoms with Crippen LogP contribution < -0.4 is 9.30 Å². The number of rotatable bonds is 7. The molecule has 97 heavy (non-hydrogen) atoms. The third kappa shape index (κ3) is 9.85. The molecule has 11 aromatic carbocycles. The second-order valence-electron chi connectivity index (χ2n) is 31.0. The van der Waals surface area contributed by atoms with Crippen molar-refractivity contribution in [3.63, 3.8) is 0 Å². The lowest BCUT2D eigenvalue weighted by Gasteiger charge is -2.36. The number of benzene rings is 11. The highest BCUT2D eigenvalue weighted by Crippen LogP contribution is 2.53. The van der Waals surface area contributed by atoms with E-state index in [1.807, 2.05) is 6.20 Å². The van der Waals surface area contributed by atoms with E-state index in [-0.39, 0.29) is 27.1 Å². The van der Waals surface area contributed by atoms with Crippen molar-refractivity contribution in [3.05, 3.63) is 340 Å². The number of nitrogens with zero attached hydrogens (tertiary/aromatic N) is 4. The van der Waals surface area contributed by atoms with Crippen molar-refractivity contribution in [1.82, 2.24) is 14.1 Å². The van der Waals surface area contributed by atoms with Crippen molar-refractivity contribution in [2.45, 2.75) is 129 Å². The van der Waals surface area contributed by atoms with E-state index in [2.05, 4.69) is 365 Å². The van der Waals surface area contributed by atoms with Crippen LogP contribution in [0, 0.1) is 6.33 Å². The number of pyridine rings is 1. The maximum Gasteiger partial charge on any atom is 0.269 e. The van der Waals surface area contributed by atoms with E-state index in [0.717, 1.165) is 79.1 Å². The molecular formula is C92H84N4O. The Balaban J connectivity index is 0.902. The van der Waals surface area contributed by atoms with Crippen LogP contribution in [0.4, 0.5) is 0 Å². The van der Waals surface area contributed by atoms with Crippen LogP contribution in [0.5, 0.6) is 11.5 Å². The number of para-hydroxylation sites is 4. The van der Waals surface area contributed by atoms with Crippen LogP contribution in [0.2, 0.25) is 0 Å². The first-order chi connectivity index (χ1) is 46.5. The van der Waals surface area contributed by atoms with Crippen LogP contribution in [0.25, 0.3) is 72.3 Å². The van der Waals surface area contributed by atoms with Gasteiger partial charge in [0.2, 0.25) is 0 Å². The Labute approximate surface area is 572 Å². The van der Waals surface area contributed by atoms with Gasteiger partial charge < -0.3 is 4.74 Å². The van der Waals surface area contributed by atoms with Gasteiger partial charge in [0.1, 0.15) is 17.3 Å². The molecule has 0 unspecified atom stereocenters. The van der Waals surface area contributed by atoms with Gasteiger partial charge in [-0.25, -0.2) is 4.98 Å². The van der Waals surface area contributed by atoms with Crippen molar-refractivity contribution >= 4 is 32.8 Å². The molecule has 0 radical (unpaired) electrons. The lowest BCUT2D eigenvalue weighted by Crippen LogP contribution is -2.32. The number of imidazole rings is 1. The first-order valence-corrected chi connectivity index (χ1v) is 34.6. The first kappa shape index (κ1) is 61.5. The Morgan fingerprint density at radius 2 is 0.856 bits per heavy atom. The van der Waals surface area contributed by atoms with Crippen LogP contribution in [0.15, 0.2) is 261 Å². The largest absolute Gasteiger partial charge is 0.458 e. The summed E-state index contributed by atoms with van der Waals surface area (Å²) in [6, 6.07) is 95.0. The van der Waals surface area contributed by atoms with Crippen LogP contribution in [-0.4, -0.2) is 14.1 Å². The molecule has 0 saturated carbocycles. The number of fused-ring (bicyclic) bond motifs is 10. The highest BCUT2D eigenvalue weighted by Gasteiger charge is 2.43. The Morgan fingerprint density at radius 3 is 1.44 bits per heavy atom. The van der Waals surface area contributed by atoms with E-state index in [1.165, 1.54) is 77.7 Å². The fourth-order valence-corrected chi connectivity index (χ4v) is 17.0. The number of ether oxygens (including phenoxy) is 1. The molecule has 0 spiro atoms. The average Bonchev–Trinajstić information content (AvgIpc) is 1.66. The Bertz CT molecular complexity index is 5490. The lowest BCUT2D eigenvalue weighted by atomic mass is 9.67. The third-order valence-electron chi connectivity index (χ3n) is 22.3. The van der Waals surface area contributed by atoms with Crippen molar-refractivity contribution in [2.24, 2.45) is 0 Å². The highest BCUT2D eigenvalue weighted by molar-refractivity contribution is 6.09. The molecule has 0 N–H and O–H groups in total. The van der Waals surface area contributed by atoms with E-state index in [9.17, 15) is 0 Å². The molecule has 16 rings (SSSR count). The zero-order valence-electron chi connectivity index (χ0n) is 58.2. The standard InChI is InChI=1S/C92H84N4O/c1-87(2,3)63-50-51-93-85(55-63)96-81-41-23-16-32-69(81)70-47-46-66(57-84(70)96)97-65-31-26-30-64(56-65)94-58-95(83-43-25-24-42-82(83)94)86-67(59-44-48-77-79(53-59)89(6,7)72-36-18-15-29-62(72)52-61-28-14-17-35-71(61)88(77,4)5)33-27-34-68(86)60-45-49-78-80(54-60)92(12,13)76-40-22-21-39-75(76)90(8,9)73-37-19-20-38-74(73)91(78,10)11/h14-51,53-57H,52H2,1-13H3. The summed E-state index contributed by atoms with van der Waals surface area (Å²) in [6.07, 6.45) is 6.88. The summed E-state index contributed by atoms with van der Waals surface area (Å²) in [7, 11) is 0. The minimum atomic E-state index is -0.403. The van der Waals surface area contributed by atoms with Gasteiger partial charge in [0.05, 0.1) is 33.4 Å². The quantitative estimate of drug-likeness (QED) is 0.118. The number of hydrogen-bond donors (Lipinski definition) is 0. The van der Waals surface area contributed by atoms with Gasteiger partial charge in [-0.3, -0.25) is 13.7 Å². The van der Waals surface area contributed by atoms with Crippen molar-refractivity contribution in [2.75, 3.05) is 0 Å². The van der Waals surface area contributed by atoms with E-state index in [0.29, 0.717) is 5.75 Å². The van der Waals surface area contributed by atoms with Gasteiger partial charge >= 0.3 is 0 Å². The molecule has 0 atom stereocenters. The SMILES string of the molecule is CC(C)(C)c1ccnc(-n2c3ccccc3c3ccc(Oc4cccc(-n5[c-][n+](-c6c(-c7ccc8c(c7)C(C)(C)c7ccccc7Cc7ccccc7C8(C)C)cccc6-c6ccc7c(c6)C(C)(C)c6ccccc6C(C)(C)c6ccccc6C7(C)C)c6ccccc65)c4)cc32)c1. The minimum Gasteiger partial charge on any atom is -0.458 e. The van der Waals surface area contributed by atoms with Gasteiger partial charge in [0.25, 0.3) is 6.33 Å². The van der Waals surface area contributed by atoms with Crippen molar-refractivity contribution in [3.8, 4) is 50.9 Å². The van der Waals surface area contributed by atoms with E-state index in [1.54, 1.807) is 0 Å². The molecule has 3 heterocycles. The number of aromatic nitrogens is 4. The van der Waals surface area contributed by atoms with Crippen LogP contribution >= 0.6 is 0 Å². The fraction of sp³-hybridized carbons (Fsp3) is 0.217. The summed E-state index contributed by atoms with van der Waals surface area (Å²) in [6.45, 7) is 31.1. The van der Waals surface area contributed by atoms with Crippen molar-refractivity contribution in [1.29, 1.82) is 0 Å². The lowest BCUT2D eigenvalue weighted by molar-refractivity contribution is -0.571. The molecule has 478 valence electrons. The van der Waals surface area contributed by atoms with Gasteiger partial charge in [-0.1, -0.05) is 290 Å². The maximum atomic E-state index is 7.00. The zero-order valence-corrected chi connectivity index (χ0v) is 58.2. The smallest absolute Gasteiger partial charge is 0.269 e. The third-order valence-corrected chi connectivity index (χ3v) is 22.3. The second kappa shape index (κ2) is 22.4. The summed E-state index contributed by atoms with van der Waals surface area (Å²) < 4.78 is 13.8. The Kier molecular flexibility index (Phi) is 14.2. The minimum absolute atomic E-state index is 0.0449. The van der Waals surface area contributed by atoms with Gasteiger partial charge in [0.15, 0.2) is 0 Å². The molecule has 2 aliphatic rings.